The van der Waals surface area contributed by atoms with Crippen LogP contribution in [0.15, 0.2) is 12.1 Å². The number of rotatable bonds is 0. The molecular weight excluding hydrogens is 320 g/mol. The van der Waals surface area contributed by atoms with Crippen LogP contribution in [0.1, 0.15) is 49.5 Å². The molecule has 0 aliphatic carbocycles. The highest BCUT2D eigenvalue weighted by Crippen LogP contribution is 2.44. The highest BCUT2D eigenvalue weighted by Gasteiger charge is 2.48. The first-order valence-electron chi connectivity index (χ1n) is 7.82. The van der Waals surface area contributed by atoms with Gasteiger partial charge in [-0.3, -0.25) is 0 Å². The third-order valence-corrected chi connectivity index (χ3v) is 4.28. The largest absolute Gasteiger partial charge is 0.450 e. The van der Waals surface area contributed by atoms with Gasteiger partial charge in [-0.2, -0.15) is 0 Å². The maximum atomic E-state index is 13.6. The zero-order chi connectivity index (χ0) is 17.7. The van der Waals surface area contributed by atoms with E-state index < -0.39 is 34.9 Å². The van der Waals surface area contributed by atoms with Crippen molar-refractivity contribution < 1.29 is 27.8 Å². The van der Waals surface area contributed by atoms with Gasteiger partial charge in [-0.15, -0.1) is 0 Å². The van der Waals surface area contributed by atoms with E-state index in [9.17, 15) is 18.4 Å². The second-order valence-electron chi connectivity index (χ2n) is 7.16. The molecular formula is C17H19F2NO4. The fraction of sp³-hybridized carbons (Fsp3) is 0.529. The average molecular weight is 339 g/mol. The fourth-order valence-corrected chi connectivity index (χ4v) is 3.13. The Kier molecular flexibility index (Phi) is 3.77. The molecule has 0 aromatic heterocycles. The van der Waals surface area contributed by atoms with Crippen LogP contribution in [0.3, 0.4) is 0 Å². The standard InChI is InChI=1S/C17H19F2NO4/c1-16(2,3)24-15(22)20-6-4-17(5-7-20)11-9-13(19)12(18)8-10(11)14(21)23-17/h8-9H,4-7H2,1-3H3. The smallest absolute Gasteiger partial charge is 0.410 e. The van der Waals surface area contributed by atoms with Crippen molar-refractivity contribution in [2.24, 2.45) is 0 Å². The Labute approximate surface area is 138 Å². The molecule has 1 spiro atoms. The van der Waals surface area contributed by atoms with Crippen LogP contribution >= 0.6 is 0 Å². The molecule has 5 nitrogen and oxygen atoms in total. The topological polar surface area (TPSA) is 55.8 Å². The van der Waals surface area contributed by atoms with Crippen molar-refractivity contribution in [1.29, 1.82) is 0 Å². The Morgan fingerprint density at radius 2 is 1.79 bits per heavy atom. The van der Waals surface area contributed by atoms with Gasteiger partial charge in [0.15, 0.2) is 11.6 Å². The van der Waals surface area contributed by atoms with E-state index in [2.05, 4.69) is 0 Å². The summed E-state index contributed by atoms with van der Waals surface area (Å²) in [4.78, 5) is 25.6. The van der Waals surface area contributed by atoms with Crippen molar-refractivity contribution in [3.63, 3.8) is 0 Å². The average Bonchev–Trinajstić information content (AvgIpc) is 2.71. The van der Waals surface area contributed by atoms with Crippen LogP contribution in [0, 0.1) is 11.6 Å². The second-order valence-corrected chi connectivity index (χ2v) is 7.16. The quantitative estimate of drug-likeness (QED) is 0.680. The lowest BCUT2D eigenvalue weighted by atomic mass is 9.83. The summed E-state index contributed by atoms with van der Waals surface area (Å²) in [6, 6.07) is 1.90. The number of halogens is 2. The normalized spacial score (nSPS) is 19.2. The molecule has 1 amide bonds. The number of hydrogen-bond donors (Lipinski definition) is 0. The summed E-state index contributed by atoms with van der Waals surface area (Å²) < 4.78 is 37.8. The summed E-state index contributed by atoms with van der Waals surface area (Å²) in [7, 11) is 0. The van der Waals surface area contributed by atoms with Gasteiger partial charge in [-0.25, -0.2) is 18.4 Å². The van der Waals surface area contributed by atoms with E-state index in [0.29, 0.717) is 31.5 Å². The van der Waals surface area contributed by atoms with Gasteiger partial charge in [-0.05, 0) is 32.9 Å². The lowest BCUT2D eigenvalue weighted by molar-refractivity contribution is -0.0471. The van der Waals surface area contributed by atoms with Crippen LogP contribution in [0.2, 0.25) is 0 Å². The van der Waals surface area contributed by atoms with Crippen molar-refractivity contribution in [1.82, 2.24) is 4.90 Å². The van der Waals surface area contributed by atoms with Gasteiger partial charge in [-0.1, -0.05) is 0 Å². The van der Waals surface area contributed by atoms with Crippen molar-refractivity contribution >= 4 is 12.1 Å². The number of hydrogen-bond acceptors (Lipinski definition) is 4. The number of nitrogens with zero attached hydrogens (tertiary/aromatic N) is 1. The van der Waals surface area contributed by atoms with Gasteiger partial charge >= 0.3 is 12.1 Å². The first kappa shape index (κ1) is 16.7. The van der Waals surface area contributed by atoms with Gasteiger partial charge in [0.25, 0.3) is 0 Å². The van der Waals surface area contributed by atoms with Crippen LogP contribution in [-0.4, -0.2) is 35.7 Å². The summed E-state index contributed by atoms with van der Waals surface area (Å²) in [6.07, 6.45) is 0.193. The molecule has 0 unspecified atom stereocenters. The molecule has 3 rings (SSSR count). The molecule has 130 valence electrons. The predicted molar refractivity (Wildman–Crippen MR) is 80.5 cm³/mol. The van der Waals surface area contributed by atoms with E-state index in [1.54, 1.807) is 20.8 Å². The minimum Gasteiger partial charge on any atom is -0.450 e. The molecule has 0 saturated carbocycles. The molecule has 1 aromatic rings. The molecule has 7 heteroatoms. The summed E-state index contributed by atoms with van der Waals surface area (Å²) in [5.41, 5.74) is -1.19. The van der Waals surface area contributed by atoms with Crippen LogP contribution in [0.4, 0.5) is 13.6 Å². The van der Waals surface area contributed by atoms with E-state index in [1.165, 1.54) is 4.90 Å². The number of fused-ring (bicyclic) bond motifs is 2. The monoisotopic (exact) mass is 339 g/mol. The van der Waals surface area contributed by atoms with Crippen LogP contribution in [0.5, 0.6) is 0 Å². The SMILES string of the molecule is CC(C)(C)OC(=O)N1CCC2(CC1)OC(=O)c1cc(F)c(F)cc12. The third-order valence-electron chi connectivity index (χ3n) is 4.28. The minimum absolute atomic E-state index is 0.0552. The number of likely N-dealkylation sites (tertiary alicyclic amines) is 1. The molecule has 1 saturated heterocycles. The Hall–Kier alpha value is -2.18. The van der Waals surface area contributed by atoms with Crippen LogP contribution < -0.4 is 0 Å². The van der Waals surface area contributed by atoms with Gasteiger partial charge in [0.2, 0.25) is 0 Å². The predicted octanol–water partition coefficient (Wildman–Crippen LogP) is 3.36. The Morgan fingerprint density at radius 3 is 2.38 bits per heavy atom. The first-order chi connectivity index (χ1) is 11.1. The summed E-state index contributed by atoms with van der Waals surface area (Å²) in [6.45, 7) is 5.95. The summed E-state index contributed by atoms with van der Waals surface area (Å²) in [5, 5.41) is 0. The zero-order valence-corrected chi connectivity index (χ0v) is 13.8. The number of esters is 1. The molecule has 0 bridgehead atoms. The van der Waals surface area contributed by atoms with E-state index >= 15 is 0 Å². The number of carbonyl (C=O) groups is 2. The molecule has 0 N–H and O–H groups in total. The Morgan fingerprint density at radius 1 is 1.21 bits per heavy atom. The Bertz CT molecular complexity index is 703. The van der Waals surface area contributed by atoms with E-state index in [1.807, 2.05) is 0 Å². The van der Waals surface area contributed by atoms with E-state index in [-0.39, 0.29) is 5.56 Å². The maximum Gasteiger partial charge on any atom is 0.410 e. The Balaban J connectivity index is 1.79. The number of benzene rings is 1. The molecule has 2 aliphatic heterocycles. The van der Waals surface area contributed by atoms with Gasteiger partial charge < -0.3 is 14.4 Å². The number of piperidine rings is 1. The minimum atomic E-state index is -1.08. The van der Waals surface area contributed by atoms with Crippen LogP contribution in [0.25, 0.3) is 0 Å². The number of ether oxygens (including phenoxy) is 2. The molecule has 2 heterocycles. The lowest BCUT2D eigenvalue weighted by Crippen LogP contribution is -2.47. The van der Waals surface area contributed by atoms with Crippen molar-refractivity contribution in [2.45, 2.75) is 44.8 Å². The second kappa shape index (κ2) is 5.43. The molecule has 24 heavy (non-hydrogen) atoms. The number of amides is 1. The molecule has 1 fully saturated rings. The van der Waals surface area contributed by atoms with E-state index in [0.717, 1.165) is 12.1 Å². The van der Waals surface area contributed by atoms with E-state index in [4.69, 9.17) is 9.47 Å². The van der Waals surface area contributed by atoms with Crippen molar-refractivity contribution in [3.05, 3.63) is 34.9 Å². The highest BCUT2D eigenvalue weighted by atomic mass is 19.2. The van der Waals surface area contributed by atoms with Gasteiger partial charge in [0.05, 0.1) is 5.56 Å². The zero-order valence-electron chi connectivity index (χ0n) is 13.8. The van der Waals surface area contributed by atoms with Gasteiger partial charge in [0, 0.05) is 31.5 Å². The fourth-order valence-electron chi connectivity index (χ4n) is 3.13. The lowest BCUT2D eigenvalue weighted by Gasteiger charge is -2.38. The number of carbonyl (C=O) groups excluding carboxylic acids is 2. The molecule has 0 radical (unpaired) electrons. The molecule has 1 aromatic carbocycles. The highest BCUT2D eigenvalue weighted by molar-refractivity contribution is 5.94. The maximum absolute atomic E-state index is 13.6. The summed E-state index contributed by atoms with van der Waals surface area (Å²) in [5.74, 6) is -2.75. The van der Waals surface area contributed by atoms with Crippen molar-refractivity contribution in [3.8, 4) is 0 Å². The summed E-state index contributed by atoms with van der Waals surface area (Å²) >= 11 is 0. The third kappa shape index (κ3) is 2.83. The molecule has 0 atom stereocenters. The first-order valence-corrected chi connectivity index (χ1v) is 7.82. The van der Waals surface area contributed by atoms with Crippen LogP contribution in [-0.2, 0) is 15.1 Å². The van der Waals surface area contributed by atoms with Crippen molar-refractivity contribution in [2.75, 3.05) is 13.1 Å². The van der Waals surface area contributed by atoms with Gasteiger partial charge in [0.1, 0.15) is 11.2 Å². The molecule has 2 aliphatic rings.